The lowest BCUT2D eigenvalue weighted by molar-refractivity contribution is -0.127. The summed E-state index contributed by atoms with van der Waals surface area (Å²) in [5.74, 6) is -0.0731. The van der Waals surface area contributed by atoms with E-state index in [4.69, 9.17) is 10.00 Å². The zero-order valence-electron chi connectivity index (χ0n) is 13.2. The van der Waals surface area contributed by atoms with Crippen LogP contribution in [0.1, 0.15) is 25.3 Å². The van der Waals surface area contributed by atoms with Gasteiger partial charge in [0.2, 0.25) is 11.8 Å². The highest BCUT2D eigenvalue weighted by Crippen LogP contribution is 2.16. The molecule has 122 valence electrons. The molecule has 0 atom stereocenters. The van der Waals surface area contributed by atoms with Gasteiger partial charge in [-0.25, -0.2) is 0 Å². The lowest BCUT2D eigenvalue weighted by Crippen LogP contribution is -2.40. The fourth-order valence-corrected chi connectivity index (χ4v) is 2.58. The first-order valence-electron chi connectivity index (χ1n) is 7.75. The Hall–Kier alpha value is -2.39. The second kappa shape index (κ2) is 8.30. The molecule has 0 saturated carbocycles. The molecule has 1 saturated heterocycles. The Morgan fingerprint density at radius 2 is 1.96 bits per heavy atom. The topological polar surface area (TPSA) is 82.4 Å². The van der Waals surface area contributed by atoms with E-state index in [1.807, 2.05) is 6.07 Å². The molecule has 1 aromatic rings. The highest BCUT2D eigenvalue weighted by atomic mass is 16.5. The number of rotatable bonds is 5. The number of hydrogen-bond donors (Lipinski definition) is 1. The van der Waals surface area contributed by atoms with Crippen LogP contribution in [0.25, 0.3) is 0 Å². The molecule has 0 radical (unpaired) electrons. The second-order valence-electron chi connectivity index (χ2n) is 5.51. The van der Waals surface area contributed by atoms with Gasteiger partial charge in [0, 0.05) is 44.8 Å². The van der Waals surface area contributed by atoms with Gasteiger partial charge < -0.3 is 15.0 Å². The van der Waals surface area contributed by atoms with Gasteiger partial charge >= 0.3 is 0 Å². The molecular formula is C17H21N3O3. The summed E-state index contributed by atoms with van der Waals surface area (Å²) in [6.07, 6.45) is 1.50. The van der Waals surface area contributed by atoms with E-state index in [0.717, 1.165) is 18.5 Å². The van der Waals surface area contributed by atoms with E-state index in [1.165, 1.54) is 6.92 Å². The summed E-state index contributed by atoms with van der Waals surface area (Å²) in [7, 11) is 0. The molecular weight excluding hydrogens is 294 g/mol. The van der Waals surface area contributed by atoms with Crippen molar-refractivity contribution in [2.45, 2.75) is 19.8 Å². The molecule has 1 aliphatic heterocycles. The van der Waals surface area contributed by atoms with Crippen molar-refractivity contribution in [3.8, 4) is 6.07 Å². The third-order valence-corrected chi connectivity index (χ3v) is 3.91. The van der Waals surface area contributed by atoms with Crippen LogP contribution in [0.4, 0.5) is 5.69 Å². The molecule has 0 unspecified atom stereocenters. The van der Waals surface area contributed by atoms with Gasteiger partial charge in [-0.1, -0.05) is 0 Å². The van der Waals surface area contributed by atoms with Crippen molar-refractivity contribution in [2.75, 3.05) is 31.2 Å². The van der Waals surface area contributed by atoms with Gasteiger partial charge in [0.15, 0.2) is 0 Å². The second-order valence-corrected chi connectivity index (χ2v) is 5.51. The van der Waals surface area contributed by atoms with Crippen molar-refractivity contribution < 1.29 is 14.3 Å². The minimum atomic E-state index is -0.102. The number of nitriles is 1. The van der Waals surface area contributed by atoms with Gasteiger partial charge in [-0.2, -0.15) is 5.26 Å². The molecule has 0 aromatic heterocycles. The number of anilines is 1. The normalized spacial score (nSPS) is 14.8. The van der Waals surface area contributed by atoms with Gasteiger partial charge in [0.05, 0.1) is 11.6 Å². The molecule has 1 aliphatic rings. The molecule has 6 heteroatoms. The van der Waals surface area contributed by atoms with Crippen molar-refractivity contribution >= 4 is 17.5 Å². The number of carbonyl (C=O) groups is 2. The van der Waals surface area contributed by atoms with Crippen LogP contribution >= 0.6 is 0 Å². The van der Waals surface area contributed by atoms with Crippen molar-refractivity contribution in [3.05, 3.63) is 29.8 Å². The summed E-state index contributed by atoms with van der Waals surface area (Å²) in [6, 6.07) is 8.86. The highest BCUT2D eigenvalue weighted by Gasteiger charge is 2.21. The van der Waals surface area contributed by atoms with E-state index < -0.39 is 0 Å². The summed E-state index contributed by atoms with van der Waals surface area (Å²) in [6.45, 7) is 3.54. The first-order chi connectivity index (χ1) is 11.1. The minimum absolute atomic E-state index is 0.00411. The maximum Gasteiger partial charge on any atom is 0.223 e. The SMILES string of the molecule is CC(=O)N(CCNC(=O)C1CCOCC1)c1ccc(C#N)cc1. The van der Waals surface area contributed by atoms with Crippen LogP contribution in [-0.4, -0.2) is 38.1 Å². The average Bonchev–Trinajstić information content (AvgIpc) is 2.59. The van der Waals surface area contributed by atoms with E-state index in [0.29, 0.717) is 31.9 Å². The molecule has 2 rings (SSSR count). The predicted molar refractivity (Wildman–Crippen MR) is 85.7 cm³/mol. The largest absolute Gasteiger partial charge is 0.381 e. The van der Waals surface area contributed by atoms with Crippen LogP contribution < -0.4 is 10.2 Å². The van der Waals surface area contributed by atoms with Crippen LogP contribution in [0.15, 0.2) is 24.3 Å². The third-order valence-electron chi connectivity index (χ3n) is 3.91. The van der Waals surface area contributed by atoms with Crippen molar-refractivity contribution in [3.63, 3.8) is 0 Å². The summed E-state index contributed by atoms with van der Waals surface area (Å²) >= 11 is 0. The maximum atomic E-state index is 12.1. The van der Waals surface area contributed by atoms with E-state index in [1.54, 1.807) is 29.2 Å². The number of nitrogens with zero attached hydrogens (tertiary/aromatic N) is 2. The van der Waals surface area contributed by atoms with Crippen molar-refractivity contribution in [1.82, 2.24) is 5.32 Å². The molecule has 1 fully saturated rings. The Bertz CT molecular complexity index is 586. The number of benzene rings is 1. The molecule has 1 aromatic carbocycles. The smallest absolute Gasteiger partial charge is 0.223 e. The summed E-state index contributed by atoms with van der Waals surface area (Å²) in [4.78, 5) is 25.5. The van der Waals surface area contributed by atoms with Crippen molar-refractivity contribution in [1.29, 1.82) is 5.26 Å². The van der Waals surface area contributed by atoms with Crippen LogP contribution in [0.5, 0.6) is 0 Å². The van der Waals surface area contributed by atoms with Gasteiger partial charge in [0.1, 0.15) is 0 Å². The Morgan fingerprint density at radius 3 is 2.52 bits per heavy atom. The zero-order valence-corrected chi connectivity index (χ0v) is 13.2. The van der Waals surface area contributed by atoms with E-state index in [2.05, 4.69) is 5.32 Å². The number of ether oxygens (including phenoxy) is 1. The maximum absolute atomic E-state index is 12.1. The quantitative estimate of drug-likeness (QED) is 0.891. The monoisotopic (exact) mass is 315 g/mol. The number of carbonyl (C=O) groups excluding carboxylic acids is 2. The lowest BCUT2D eigenvalue weighted by atomic mass is 9.99. The van der Waals surface area contributed by atoms with E-state index in [-0.39, 0.29) is 17.7 Å². The molecule has 2 amide bonds. The highest BCUT2D eigenvalue weighted by molar-refractivity contribution is 5.91. The fraction of sp³-hybridized carbons (Fsp3) is 0.471. The van der Waals surface area contributed by atoms with Gasteiger partial charge in [-0.3, -0.25) is 9.59 Å². The van der Waals surface area contributed by atoms with Crippen LogP contribution in [0.2, 0.25) is 0 Å². The molecule has 0 aliphatic carbocycles. The van der Waals surface area contributed by atoms with Crippen molar-refractivity contribution in [2.24, 2.45) is 5.92 Å². The Labute approximate surface area is 136 Å². The number of hydrogen-bond acceptors (Lipinski definition) is 4. The number of amides is 2. The Morgan fingerprint density at radius 1 is 1.30 bits per heavy atom. The average molecular weight is 315 g/mol. The zero-order chi connectivity index (χ0) is 16.7. The summed E-state index contributed by atoms with van der Waals surface area (Å²) in [5, 5.41) is 11.7. The standard InChI is InChI=1S/C17H21N3O3/c1-13(21)20(16-4-2-14(12-18)3-5-16)9-8-19-17(22)15-6-10-23-11-7-15/h2-5,15H,6-11H2,1H3,(H,19,22). The summed E-state index contributed by atoms with van der Waals surface area (Å²) in [5.41, 5.74) is 1.27. The molecule has 0 spiro atoms. The molecule has 0 bridgehead atoms. The molecule has 23 heavy (non-hydrogen) atoms. The van der Waals surface area contributed by atoms with Crippen LogP contribution in [-0.2, 0) is 14.3 Å². The minimum Gasteiger partial charge on any atom is -0.381 e. The Kier molecular flexibility index (Phi) is 6.12. The lowest BCUT2D eigenvalue weighted by Gasteiger charge is -2.24. The fourth-order valence-electron chi connectivity index (χ4n) is 2.58. The molecule has 6 nitrogen and oxygen atoms in total. The third kappa shape index (κ3) is 4.80. The molecule has 1 heterocycles. The molecule has 1 N–H and O–H groups in total. The Balaban J connectivity index is 1.88. The van der Waals surface area contributed by atoms with Gasteiger partial charge in [-0.15, -0.1) is 0 Å². The predicted octanol–water partition coefficient (Wildman–Crippen LogP) is 1.45. The van der Waals surface area contributed by atoms with Crippen LogP contribution in [0.3, 0.4) is 0 Å². The van der Waals surface area contributed by atoms with Gasteiger partial charge in [-0.05, 0) is 37.1 Å². The number of nitrogens with one attached hydrogen (secondary N) is 1. The van der Waals surface area contributed by atoms with Crippen LogP contribution in [0, 0.1) is 17.2 Å². The summed E-state index contributed by atoms with van der Waals surface area (Å²) < 4.78 is 5.24. The van der Waals surface area contributed by atoms with E-state index in [9.17, 15) is 9.59 Å². The first-order valence-corrected chi connectivity index (χ1v) is 7.75. The van der Waals surface area contributed by atoms with E-state index >= 15 is 0 Å². The van der Waals surface area contributed by atoms with Gasteiger partial charge in [0.25, 0.3) is 0 Å². The first kappa shape index (κ1) is 17.0.